The first kappa shape index (κ1) is 19.1. The van der Waals surface area contributed by atoms with Gasteiger partial charge in [0, 0.05) is 25.7 Å². The Bertz CT molecular complexity index is 362. The molecule has 0 saturated heterocycles. The van der Waals surface area contributed by atoms with Gasteiger partial charge in [-0.05, 0) is 33.1 Å². The van der Waals surface area contributed by atoms with E-state index in [-0.39, 0.29) is 37.0 Å². The Labute approximate surface area is 127 Å². The molecule has 0 saturated carbocycles. The number of hydrogen-bond acceptors (Lipinski definition) is 4. The van der Waals surface area contributed by atoms with Crippen molar-refractivity contribution in [1.82, 2.24) is 0 Å². The first-order chi connectivity index (χ1) is 9.99. The minimum Gasteiger partial charge on any atom is -0.463 e. The van der Waals surface area contributed by atoms with Crippen molar-refractivity contribution in [2.75, 3.05) is 0 Å². The highest BCUT2D eigenvalue weighted by atomic mass is 16.5. The molecule has 2 unspecified atom stereocenters. The Balaban J connectivity index is 3.73. The molecule has 0 aromatic heterocycles. The van der Waals surface area contributed by atoms with E-state index in [2.05, 4.69) is 11.8 Å². The van der Waals surface area contributed by atoms with E-state index in [0.29, 0.717) is 32.1 Å². The van der Waals surface area contributed by atoms with Gasteiger partial charge in [-0.25, -0.2) is 0 Å². The number of ether oxygens (including phenoxy) is 2. The molecule has 0 bridgehead atoms. The van der Waals surface area contributed by atoms with Gasteiger partial charge in [-0.1, -0.05) is 0 Å². The van der Waals surface area contributed by atoms with E-state index in [9.17, 15) is 9.59 Å². The molecular weight excluding hydrogens is 268 g/mol. The number of hydrogen-bond donors (Lipinski definition) is 0. The summed E-state index contributed by atoms with van der Waals surface area (Å²) in [6.07, 6.45) is 13.2. The molecule has 0 N–H and O–H groups in total. The van der Waals surface area contributed by atoms with E-state index >= 15 is 0 Å². The first-order valence-electron chi connectivity index (χ1n) is 7.25. The quantitative estimate of drug-likeness (QED) is 0.459. The van der Waals surface area contributed by atoms with Gasteiger partial charge in [0.2, 0.25) is 0 Å². The van der Waals surface area contributed by atoms with E-state index in [1.54, 1.807) is 13.8 Å². The normalized spacial score (nSPS) is 12.6. The van der Waals surface area contributed by atoms with Gasteiger partial charge in [0.05, 0.1) is 12.2 Å². The highest BCUT2D eigenvalue weighted by Gasteiger charge is 2.12. The second kappa shape index (κ2) is 11.9. The Morgan fingerprint density at radius 1 is 0.905 bits per heavy atom. The maximum atomic E-state index is 11.5. The number of carbonyl (C=O) groups excluding carboxylic acids is 2. The van der Waals surface area contributed by atoms with Gasteiger partial charge in [0.15, 0.2) is 0 Å². The zero-order valence-electron chi connectivity index (χ0n) is 12.9. The van der Waals surface area contributed by atoms with Crippen LogP contribution in [0.15, 0.2) is 0 Å². The summed E-state index contributed by atoms with van der Waals surface area (Å²) in [6, 6.07) is 0. The number of rotatable bonds is 10. The molecule has 0 aromatic rings. The third-order valence-electron chi connectivity index (χ3n) is 2.82. The van der Waals surface area contributed by atoms with Gasteiger partial charge >= 0.3 is 11.9 Å². The van der Waals surface area contributed by atoms with Crippen molar-refractivity contribution >= 4 is 11.9 Å². The SMILES string of the molecule is C#CCCC(C)OC(=O)CCCC(=O)OC(C)CCC#C. The minimum absolute atomic E-state index is 0.190. The third kappa shape index (κ3) is 11.6. The summed E-state index contributed by atoms with van der Waals surface area (Å²) in [4.78, 5) is 23.0. The molecule has 21 heavy (non-hydrogen) atoms. The highest BCUT2D eigenvalue weighted by Crippen LogP contribution is 2.08. The lowest BCUT2D eigenvalue weighted by Gasteiger charge is -2.13. The van der Waals surface area contributed by atoms with Crippen molar-refractivity contribution in [3.63, 3.8) is 0 Å². The fourth-order valence-electron chi connectivity index (χ4n) is 1.63. The van der Waals surface area contributed by atoms with Crippen LogP contribution in [0, 0.1) is 24.7 Å². The summed E-state index contributed by atoms with van der Waals surface area (Å²) in [5, 5.41) is 0. The van der Waals surface area contributed by atoms with Crippen LogP contribution in [0.1, 0.15) is 58.8 Å². The Morgan fingerprint density at radius 3 is 1.62 bits per heavy atom. The molecule has 0 spiro atoms. The van der Waals surface area contributed by atoms with Gasteiger partial charge in [-0.3, -0.25) is 9.59 Å². The molecule has 0 radical (unpaired) electrons. The van der Waals surface area contributed by atoms with Crippen molar-refractivity contribution in [2.24, 2.45) is 0 Å². The van der Waals surface area contributed by atoms with E-state index in [1.165, 1.54) is 0 Å². The van der Waals surface area contributed by atoms with Crippen LogP contribution in [0.2, 0.25) is 0 Å². The summed E-state index contributed by atoms with van der Waals surface area (Å²) in [5.74, 6) is 4.37. The Kier molecular flexibility index (Phi) is 10.8. The molecule has 0 rings (SSSR count). The van der Waals surface area contributed by atoms with Crippen molar-refractivity contribution in [2.45, 2.75) is 71.0 Å². The van der Waals surface area contributed by atoms with Crippen molar-refractivity contribution < 1.29 is 19.1 Å². The van der Waals surface area contributed by atoms with Crippen LogP contribution in [-0.2, 0) is 19.1 Å². The van der Waals surface area contributed by atoms with Gasteiger partial charge in [0.25, 0.3) is 0 Å². The Hall–Kier alpha value is -1.94. The molecule has 116 valence electrons. The lowest BCUT2D eigenvalue weighted by molar-refractivity contribution is -0.150. The van der Waals surface area contributed by atoms with Crippen molar-refractivity contribution in [1.29, 1.82) is 0 Å². The number of esters is 2. The van der Waals surface area contributed by atoms with Crippen molar-refractivity contribution in [3.8, 4) is 24.7 Å². The molecule has 0 aliphatic carbocycles. The first-order valence-corrected chi connectivity index (χ1v) is 7.25. The van der Waals surface area contributed by atoms with Crippen molar-refractivity contribution in [3.05, 3.63) is 0 Å². The zero-order chi connectivity index (χ0) is 16.1. The predicted octanol–water partition coefficient (Wildman–Crippen LogP) is 2.85. The van der Waals surface area contributed by atoms with E-state index in [1.807, 2.05) is 0 Å². The molecule has 0 aliphatic heterocycles. The second-order valence-electron chi connectivity index (χ2n) is 4.94. The van der Waals surface area contributed by atoms with E-state index < -0.39 is 0 Å². The predicted molar refractivity (Wildman–Crippen MR) is 81.1 cm³/mol. The maximum absolute atomic E-state index is 11.5. The van der Waals surface area contributed by atoms with Gasteiger partial charge in [-0.15, -0.1) is 24.7 Å². The lowest BCUT2D eigenvalue weighted by atomic mass is 10.2. The average Bonchev–Trinajstić information content (AvgIpc) is 2.42. The second-order valence-corrected chi connectivity index (χ2v) is 4.94. The van der Waals surface area contributed by atoms with Gasteiger partial charge in [-0.2, -0.15) is 0 Å². The van der Waals surface area contributed by atoms with Crippen LogP contribution in [0.4, 0.5) is 0 Å². The number of terminal acetylenes is 2. The van der Waals surface area contributed by atoms with Gasteiger partial charge in [0.1, 0.15) is 0 Å². The van der Waals surface area contributed by atoms with Crippen LogP contribution in [0.25, 0.3) is 0 Å². The summed E-state index contributed by atoms with van der Waals surface area (Å²) in [5.41, 5.74) is 0. The molecule has 2 atom stereocenters. The van der Waals surface area contributed by atoms with E-state index in [0.717, 1.165) is 0 Å². The van der Waals surface area contributed by atoms with Crippen LogP contribution in [0.5, 0.6) is 0 Å². The molecular formula is C17H24O4. The molecule has 4 heteroatoms. The molecule has 0 fully saturated rings. The monoisotopic (exact) mass is 292 g/mol. The van der Waals surface area contributed by atoms with Gasteiger partial charge < -0.3 is 9.47 Å². The van der Waals surface area contributed by atoms with Crippen LogP contribution >= 0.6 is 0 Å². The fourth-order valence-corrected chi connectivity index (χ4v) is 1.63. The summed E-state index contributed by atoms with van der Waals surface area (Å²) in [6.45, 7) is 3.60. The smallest absolute Gasteiger partial charge is 0.306 e. The van der Waals surface area contributed by atoms with Crippen LogP contribution < -0.4 is 0 Å². The summed E-state index contributed by atoms with van der Waals surface area (Å²) < 4.78 is 10.3. The molecule has 4 nitrogen and oxygen atoms in total. The number of carbonyl (C=O) groups is 2. The lowest BCUT2D eigenvalue weighted by Crippen LogP contribution is -2.16. The minimum atomic E-state index is -0.312. The van der Waals surface area contributed by atoms with Crippen LogP contribution in [-0.4, -0.2) is 24.1 Å². The highest BCUT2D eigenvalue weighted by molar-refractivity contribution is 5.72. The summed E-state index contributed by atoms with van der Waals surface area (Å²) in [7, 11) is 0. The standard InChI is InChI=1S/C17H24O4/c1-5-7-10-14(3)20-16(18)12-9-13-17(19)21-15(4)11-8-6-2/h1-2,14-15H,7-13H2,3-4H3. The molecule has 0 heterocycles. The largest absolute Gasteiger partial charge is 0.463 e. The molecule has 0 aliphatic rings. The average molecular weight is 292 g/mol. The third-order valence-corrected chi connectivity index (χ3v) is 2.82. The molecule has 0 amide bonds. The van der Waals surface area contributed by atoms with Crippen LogP contribution in [0.3, 0.4) is 0 Å². The zero-order valence-corrected chi connectivity index (χ0v) is 12.9. The van der Waals surface area contributed by atoms with E-state index in [4.69, 9.17) is 22.3 Å². The topological polar surface area (TPSA) is 52.6 Å². The Morgan fingerprint density at radius 2 is 1.29 bits per heavy atom. The fraction of sp³-hybridized carbons (Fsp3) is 0.647. The molecule has 0 aromatic carbocycles. The maximum Gasteiger partial charge on any atom is 0.306 e. The summed E-state index contributed by atoms with van der Waals surface area (Å²) >= 11 is 0.